The Morgan fingerprint density at radius 3 is 2.44 bits per heavy atom. The van der Waals surface area contributed by atoms with E-state index in [1.807, 2.05) is 0 Å². The second kappa shape index (κ2) is 4.23. The van der Waals surface area contributed by atoms with Gasteiger partial charge >= 0.3 is 5.97 Å². The molecule has 2 aliphatic carbocycles. The number of carboxylic acid groups (broad SMARTS) is 1. The van der Waals surface area contributed by atoms with Gasteiger partial charge in [-0.15, -0.1) is 0 Å². The van der Waals surface area contributed by atoms with Gasteiger partial charge in [0.05, 0.1) is 12.2 Å². The first-order chi connectivity index (χ1) is 8.47. The molecule has 0 bridgehead atoms. The number of carbonyl (C=O) groups excluding carboxylic acids is 2. The van der Waals surface area contributed by atoms with E-state index >= 15 is 0 Å². The fraction of sp³-hybridized carbons (Fsp3) is 0.615. The Kier molecular flexibility index (Phi) is 3.00. The van der Waals surface area contributed by atoms with Crippen LogP contribution < -0.4 is 0 Å². The number of carbonyl (C=O) groups is 3. The minimum absolute atomic E-state index is 0.0450. The third kappa shape index (κ3) is 1.65. The number of aliphatic hydroxyl groups is 1. The van der Waals surface area contributed by atoms with Gasteiger partial charge in [-0.1, -0.05) is 6.92 Å². The van der Waals surface area contributed by atoms with Gasteiger partial charge in [-0.3, -0.25) is 14.4 Å². The second-order valence-corrected chi connectivity index (χ2v) is 5.11. The Bertz CT molecular complexity index is 446. The van der Waals surface area contributed by atoms with Crippen molar-refractivity contribution >= 4 is 17.5 Å². The standard InChI is InChI=1S/C13H16O5/c1-2-13(12(17)18)5-9(15)10(7-3-4-7)11(16)8(13)6-14/h6-7,10,14H,2-5H2,1H3,(H,17,18). The van der Waals surface area contributed by atoms with Gasteiger partial charge in [0.2, 0.25) is 0 Å². The summed E-state index contributed by atoms with van der Waals surface area (Å²) >= 11 is 0. The van der Waals surface area contributed by atoms with Crippen molar-refractivity contribution in [2.45, 2.75) is 32.6 Å². The zero-order valence-corrected chi connectivity index (χ0v) is 10.2. The Hall–Kier alpha value is -1.65. The van der Waals surface area contributed by atoms with E-state index in [0.717, 1.165) is 12.8 Å². The highest BCUT2D eigenvalue weighted by atomic mass is 16.4. The molecule has 0 aliphatic heterocycles. The lowest BCUT2D eigenvalue weighted by Crippen LogP contribution is -2.47. The molecule has 0 aromatic heterocycles. The molecule has 2 fully saturated rings. The quantitative estimate of drug-likeness (QED) is 0.451. The van der Waals surface area contributed by atoms with E-state index in [1.165, 1.54) is 0 Å². The summed E-state index contributed by atoms with van der Waals surface area (Å²) in [4.78, 5) is 35.7. The summed E-state index contributed by atoms with van der Waals surface area (Å²) in [6.45, 7) is 1.61. The second-order valence-electron chi connectivity index (χ2n) is 5.11. The van der Waals surface area contributed by atoms with Crippen LogP contribution in [0.2, 0.25) is 0 Å². The van der Waals surface area contributed by atoms with Gasteiger partial charge in [0.1, 0.15) is 11.2 Å². The molecule has 2 N–H and O–H groups in total. The van der Waals surface area contributed by atoms with Crippen molar-refractivity contribution < 1.29 is 24.6 Å². The molecular weight excluding hydrogens is 236 g/mol. The highest BCUT2D eigenvalue weighted by Crippen LogP contribution is 2.48. The van der Waals surface area contributed by atoms with Gasteiger partial charge in [0.25, 0.3) is 0 Å². The molecule has 0 amide bonds. The lowest BCUT2D eigenvalue weighted by atomic mass is 9.63. The molecule has 0 spiro atoms. The van der Waals surface area contributed by atoms with E-state index in [9.17, 15) is 24.6 Å². The first-order valence-electron chi connectivity index (χ1n) is 6.13. The van der Waals surface area contributed by atoms with Gasteiger partial charge in [-0.2, -0.15) is 0 Å². The third-order valence-electron chi connectivity index (χ3n) is 4.12. The van der Waals surface area contributed by atoms with Crippen LogP contribution in [0.3, 0.4) is 0 Å². The third-order valence-corrected chi connectivity index (χ3v) is 4.12. The molecule has 0 radical (unpaired) electrons. The molecule has 0 aromatic rings. The predicted octanol–water partition coefficient (Wildman–Crippen LogP) is 1.48. The molecule has 0 saturated heterocycles. The molecule has 5 nitrogen and oxygen atoms in total. The Morgan fingerprint density at radius 1 is 1.44 bits per heavy atom. The number of ketones is 2. The summed E-state index contributed by atoms with van der Waals surface area (Å²) in [6, 6.07) is 0. The zero-order valence-electron chi connectivity index (χ0n) is 10.2. The zero-order chi connectivity index (χ0) is 13.5. The number of rotatable bonds is 3. The van der Waals surface area contributed by atoms with Gasteiger partial charge in [-0.05, 0) is 25.2 Å². The lowest BCUT2D eigenvalue weighted by Gasteiger charge is -2.36. The lowest BCUT2D eigenvalue weighted by molar-refractivity contribution is -0.154. The predicted molar refractivity (Wildman–Crippen MR) is 61.9 cm³/mol. The van der Waals surface area contributed by atoms with E-state index in [0.29, 0.717) is 6.26 Å². The molecule has 2 atom stereocenters. The highest BCUT2D eigenvalue weighted by molar-refractivity contribution is 6.18. The Labute approximate surface area is 104 Å². The van der Waals surface area contributed by atoms with Crippen LogP contribution >= 0.6 is 0 Å². The van der Waals surface area contributed by atoms with Crippen molar-refractivity contribution in [1.29, 1.82) is 0 Å². The summed E-state index contributed by atoms with van der Waals surface area (Å²) in [7, 11) is 0. The number of Topliss-reactive ketones (excluding diaryl/α,β-unsaturated/α-hetero) is 2. The van der Waals surface area contributed by atoms with E-state index in [-0.39, 0.29) is 30.1 Å². The number of aliphatic carboxylic acids is 1. The van der Waals surface area contributed by atoms with Crippen molar-refractivity contribution in [3.05, 3.63) is 11.8 Å². The Morgan fingerprint density at radius 2 is 2.06 bits per heavy atom. The maximum atomic E-state index is 12.2. The normalized spacial score (nSPS) is 34.9. The maximum Gasteiger partial charge on any atom is 0.314 e. The molecule has 0 aromatic carbocycles. The minimum atomic E-state index is -1.55. The molecule has 5 heteroatoms. The fourth-order valence-electron chi connectivity index (χ4n) is 2.80. The SMILES string of the molecule is CCC1(C(=O)O)CC(=O)C(C2CC2)C(=O)C1=CO. The van der Waals surface area contributed by atoms with E-state index in [1.54, 1.807) is 6.92 Å². The molecule has 98 valence electrons. The van der Waals surface area contributed by atoms with Crippen molar-refractivity contribution in [3.8, 4) is 0 Å². The molecule has 2 aliphatic rings. The van der Waals surface area contributed by atoms with Crippen LogP contribution in [0.5, 0.6) is 0 Å². The molecule has 18 heavy (non-hydrogen) atoms. The summed E-state index contributed by atoms with van der Waals surface area (Å²) in [5, 5.41) is 18.5. The highest BCUT2D eigenvalue weighted by Gasteiger charge is 2.56. The van der Waals surface area contributed by atoms with Crippen LogP contribution in [-0.2, 0) is 14.4 Å². The van der Waals surface area contributed by atoms with Crippen LogP contribution in [0.4, 0.5) is 0 Å². The molecule has 0 heterocycles. The summed E-state index contributed by atoms with van der Waals surface area (Å²) < 4.78 is 0. The minimum Gasteiger partial charge on any atom is -0.515 e. The van der Waals surface area contributed by atoms with E-state index < -0.39 is 23.1 Å². The van der Waals surface area contributed by atoms with E-state index in [2.05, 4.69) is 0 Å². The summed E-state index contributed by atoms with van der Waals surface area (Å²) in [6.07, 6.45) is 2.16. The summed E-state index contributed by atoms with van der Waals surface area (Å²) in [5.41, 5.74) is -1.66. The number of aliphatic hydroxyl groups excluding tert-OH is 1. The smallest absolute Gasteiger partial charge is 0.314 e. The molecule has 2 unspecified atom stereocenters. The Balaban J connectivity index is 2.44. The van der Waals surface area contributed by atoms with Crippen molar-refractivity contribution in [2.24, 2.45) is 17.3 Å². The van der Waals surface area contributed by atoms with Gasteiger partial charge in [0, 0.05) is 12.0 Å². The maximum absolute atomic E-state index is 12.2. The van der Waals surface area contributed by atoms with Crippen LogP contribution in [0.15, 0.2) is 11.8 Å². The number of hydrogen-bond donors (Lipinski definition) is 2. The first-order valence-corrected chi connectivity index (χ1v) is 6.13. The van der Waals surface area contributed by atoms with Gasteiger partial charge in [-0.25, -0.2) is 0 Å². The average Bonchev–Trinajstić information content (AvgIpc) is 3.12. The van der Waals surface area contributed by atoms with Crippen LogP contribution in [0, 0.1) is 17.3 Å². The van der Waals surface area contributed by atoms with Crippen molar-refractivity contribution in [2.75, 3.05) is 0 Å². The fourth-order valence-corrected chi connectivity index (χ4v) is 2.80. The topological polar surface area (TPSA) is 91.7 Å². The average molecular weight is 252 g/mol. The number of hydrogen-bond acceptors (Lipinski definition) is 4. The molecule has 2 rings (SSSR count). The largest absolute Gasteiger partial charge is 0.515 e. The van der Waals surface area contributed by atoms with Gasteiger partial charge in [0.15, 0.2) is 5.78 Å². The van der Waals surface area contributed by atoms with Crippen molar-refractivity contribution in [3.63, 3.8) is 0 Å². The van der Waals surface area contributed by atoms with Gasteiger partial charge < -0.3 is 10.2 Å². The summed E-state index contributed by atoms with van der Waals surface area (Å²) in [5.74, 6) is -2.70. The van der Waals surface area contributed by atoms with Crippen molar-refractivity contribution in [1.82, 2.24) is 0 Å². The van der Waals surface area contributed by atoms with E-state index in [4.69, 9.17) is 0 Å². The van der Waals surface area contributed by atoms with Crippen LogP contribution in [0.1, 0.15) is 32.6 Å². The monoisotopic (exact) mass is 252 g/mol. The molecule has 2 saturated carbocycles. The van der Waals surface area contributed by atoms with Crippen LogP contribution in [-0.4, -0.2) is 27.7 Å². The first kappa shape index (κ1) is 12.8. The number of carboxylic acids is 1. The molecular formula is C13H16O5. The van der Waals surface area contributed by atoms with Crippen LogP contribution in [0.25, 0.3) is 0 Å².